The van der Waals surface area contributed by atoms with E-state index >= 15 is 0 Å². The Balaban J connectivity index is 0.847. The monoisotopic (exact) mass is 1090 g/mol. The SMILES string of the molecule is C1=CCC(c2ccccc2)C(N(c2ccc3c(ccc4oc5ccc6cc(N(C7=c8oc9c(-c%10ccccc%10)cccc9c8=CCC7)c7ccccc7-c7ccccc7)ccc6c5c43)c2)c2cccc3c2oc2c(-c4ccccc4)cccc23)=C1. The van der Waals surface area contributed by atoms with Crippen LogP contribution < -0.4 is 20.4 Å². The van der Waals surface area contributed by atoms with Gasteiger partial charge in [-0.25, -0.2) is 0 Å². The van der Waals surface area contributed by atoms with Gasteiger partial charge in [-0.2, -0.15) is 0 Å². The van der Waals surface area contributed by atoms with Crippen LogP contribution in [0.5, 0.6) is 0 Å². The molecule has 3 heterocycles. The van der Waals surface area contributed by atoms with Crippen LogP contribution >= 0.6 is 0 Å². The molecule has 15 aromatic rings. The summed E-state index contributed by atoms with van der Waals surface area (Å²) in [6.45, 7) is 0. The molecule has 1 unspecified atom stereocenters. The van der Waals surface area contributed by atoms with Crippen molar-refractivity contribution in [2.24, 2.45) is 0 Å². The molecule has 0 radical (unpaired) electrons. The lowest BCUT2D eigenvalue weighted by atomic mass is 9.88. The Morgan fingerprint density at radius 1 is 0.388 bits per heavy atom. The van der Waals surface area contributed by atoms with Crippen molar-refractivity contribution >= 4 is 111 Å². The third-order valence-electron chi connectivity index (χ3n) is 17.7. The standard InChI is InChI=1S/C80H54N2O3/c1-5-21-51(22-6-1)59-29-13-15-37-69(59)81(71-39-19-35-67-65-33-17-31-63(77(65)84-79(67)71)53-25-9-3-10-26-53)57-43-45-61-55(49-57)41-47-73-75(61)76-62-46-44-58(50-56(62)42-48-74(76)83-73)82(70-38-16-14-30-60(70)52-23-7-2-8-24-52)72-40-20-36-68-66-34-18-32-64(78(66)85-80(68)72)54-27-11-4-12-28-54/h1-19,21-28,30-39,41-50,59H,20,29,40H2. The first-order valence-electron chi connectivity index (χ1n) is 29.5. The molecule has 0 bridgehead atoms. The van der Waals surface area contributed by atoms with Crippen LogP contribution in [-0.4, -0.2) is 0 Å². The highest BCUT2D eigenvalue weighted by Gasteiger charge is 2.30. The maximum absolute atomic E-state index is 7.20. The lowest BCUT2D eigenvalue weighted by Gasteiger charge is -2.34. The number of furan rings is 3. The Labute approximate surface area is 490 Å². The summed E-state index contributed by atoms with van der Waals surface area (Å²) in [7, 11) is 0. The molecule has 0 saturated heterocycles. The molecule has 1 atom stereocenters. The van der Waals surface area contributed by atoms with Gasteiger partial charge in [0.2, 0.25) is 0 Å². The molecular weight excluding hydrogens is 1040 g/mol. The van der Waals surface area contributed by atoms with E-state index in [2.05, 4.69) is 295 Å². The molecule has 85 heavy (non-hydrogen) atoms. The van der Waals surface area contributed by atoms with Crippen molar-refractivity contribution in [2.75, 3.05) is 9.80 Å². The predicted molar refractivity (Wildman–Crippen MR) is 353 cm³/mol. The molecule has 0 aliphatic heterocycles. The van der Waals surface area contributed by atoms with Gasteiger partial charge in [-0.3, -0.25) is 0 Å². The van der Waals surface area contributed by atoms with Gasteiger partial charge in [-0.05, 0) is 118 Å². The molecular formula is C80H54N2O3. The fourth-order valence-electron chi connectivity index (χ4n) is 13.8. The van der Waals surface area contributed by atoms with Crippen molar-refractivity contribution in [1.29, 1.82) is 0 Å². The molecule has 17 rings (SSSR count). The van der Waals surface area contributed by atoms with Crippen molar-refractivity contribution in [2.45, 2.75) is 25.2 Å². The smallest absolute Gasteiger partial charge is 0.159 e. The van der Waals surface area contributed by atoms with E-state index in [9.17, 15) is 0 Å². The van der Waals surface area contributed by atoms with Crippen molar-refractivity contribution in [1.82, 2.24) is 0 Å². The minimum absolute atomic E-state index is 0.101. The van der Waals surface area contributed by atoms with Crippen LogP contribution in [0.25, 0.3) is 122 Å². The number of fused-ring (bicyclic) bond motifs is 13. The Kier molecular flexibility index (Phi) is 11.4. The van der Waals surface area contributed by atoms with Crippen molar-refractivity contribution < 1.29 is 13.3 Å². The van der Waals surface area contributed by atoms with Gasteiger partial charge < -0.3 is 23.1 Å². The van der Waals surface area contributed by atoms with E-state index in [1.54, 1.807) is 0 Å². The second-order valence-corrected chi connectivity index (χ2v) is 22.4. The molecule has 5 nitrogen and oxygen atoms in total. The van der Waals surface area contributed by atoms with Crippen LogP contribution in [0, 0.1) is 0 Å². The molecule has 2 aliphatic rings. The van der Waals surface area contributed by atoms with Gasteiger partial charge in [-0.1, -0.05) is 231 Å². The first-order valence-corrected chi connectivity index (χ1v) is 29.5. The summed E-state index contributed by atoms with van der Waals surface area (Å²) in [5, 5.41) is 11.1. The van der Waals surface area contributed by atoms with Gasteiger partial charge in [-0.15, -0.1) is 0 Å². The number of allylic oxidation sites excluding steroid dienone is 4. The summed E-state index contributed by atoms with van der Waals surface area (Å²) < 4.78 is 21.2. The number of hydrogen-bond donors (Lipinski definition) is 0. The van der Waals surface area contributed by atoms with E-state index < -0.39 is 0 Å². The molecule has 0 fully saturated rings. The van der Waals surface area contributed by atoms with Crippen molar-refractivity contribution in [3.63, 3.8) is 0 Å². The summed E-state index contributed by atoms with van der Waals surface area (Å²) in [5.74, 6) is 0.101. The summed E-state index contributed by atoms with van der Waals surface area (Å²) in [5.41, 5.74) is 19.7. The molecule has 402 valence electrons. The lowest BCUT2D eigenvalue weighted by Crippen LogP contribution is -2.33. The third-order valence-corrected chi connectivity index (χ3v) is 17.7. The molecule has 0 saturated carbocycles. The number of para-hydroxylation sites is 4. The number of nitrogens with zero attached hydrogens (tertiary/aromatic N) is 2. The topological polar surface area (TPSA) is 45.9 Å². The van der Waals surface area contributed by atoms with Crippen LogP contribution in [0.4, 0.5) is 22.7 Å². The predicted octanol–water partition coefficient (Wildman–Crippen LogP) is 20.8. The second-order valence-electron chi connectivity index (χ2n) is 22.4. The number of anilines is 4. The number of hydrogen-bond acceptors (Lipinski definition) is 5. The molecule has 0 N–H and O–H groups in total. The van der Waals surface area contributed by atoms with E-state index in [4.69, 9.17) is 13.3 Å². The van der Waals surface area contributed by atoms with Crippen LogP contribution in [0.3, 0.4) is 0 Å². The summed E-state index contributed by atoms with van der Waals surface area (Å²) in [6.07, 6.45) is 11.7. The van der Waals surface area contributed by atoms with Crippen molar-refractivity contribution in [3.8, 4) is 33.4 Å². The highest BCUT2D eigenvalue weighted by molar-refractivity contribution is 6.27. The molecule has 2 aliphatic carbocycles. The highest BCUT2D eigenvalue weighted by Crippen LogP contribution is 2.49. The third kappa shape index (κ3) is 7.99. The molecule has 3 aromatic heterocycles. The lowest BCUT2D eigenvalue weighted by molar-refractivity contribution is 0.567. The molecule has 0 amide bonds. The molecule has 0 spiro atoms. The number of benzene rings is 12. The van der Waals surface area contributed by atoms with Gasteiger partial charge in [0.15, 0.2) is 11.0 Å². The Hall–Kier alpha value is -10.9. The minimum Gasteiger partial charge on any atom is -0.456 e. The van der Waals surface area contributed by atoms with Gasteiger partial charge in [0, 0.05) is 71.8 Å². The van der Waals surface area contributed by atoms with Crippen LogP contribution in [0.1, 0.15) is 30.7 Å². The normalized spacial score (nSPS) is 14.2. The van der Waals surface area contributed by atoms with Crippen LogP contribution in [-0.2, 0) is 0 Å². The summed E-state index contributed by atoms with van der Waals surface area (Å²) in [6, 6.07) is 93.8. The summed E-state index contributed by atoms with van der Waals surface area (Å²) >= 11 is 0. The first kappa shape index (κ1) is 48.8. The highest BCUT2D eigenvalue weighted by atomic mass is 16.3. The Bertz CT molecular complexity index is 5340. The molecule has 12 aromatic carbocycles. The van der Waals surface area contributed by atoms with E-state index in [1.807, 2.05) is 0 Å². The maximum Gasteiger partial charge on any atom is 0.159 e. The zero-order valence-electron chi connectivity index (χ0n) is 46.5. The van der Waals surface area contributed by atoms with E-state index in [0.717, 1.165) is 168 Å². The zero-order chi connectivity index (χ0) is 56.0. The van der Waals surface area contributed by atoms with Gasteiger partial charge in [0.25, 0.3) is 0 Å². The minimum atomic E-state index is 0.101. The summed E-state index contributed by atoms with van der Waals surface area (Å²) in [4.78, 5) is 4.91. The van der Waals surface area contributed by atoms with Gasteiger partial charge in [0.05, 0.1) is 17.1 Å². The van der Waals surface area contributed by atoms with E-state index in [0.29, 0.717) is 0 Å². The molecule has 5 heteroatoms. The Morgan fingerprint density at radius 3 is 1.58 bits per heavy atom. The average Bonchev–Trinajstić information content (AvgIpc) is 2.87. The van der Waals surface area contributed by atoms with E-state index in [-0.39, 0.29) is 5.92 Å². The quantitative estimate of drug-likeness (QED) is 0.137. The van der Waals surface area contributed by atoms with Crippen LogP contribution in [0.15, 0.2) is 298 Å². The zero-order valence-corrected chi connectivity index (χ0v) is 46.5. The van der Waals surface area contributed by atoms with Crippen LogP contribution in [0.2, 0.25) is 0 Å². The Morgan fingerprint density at radius 2 is 0.918 bits per heavy atom. The van der Waals surface area contributed by atoms with E-state index in [1.165, 1.54) is 11.3 Å². The van der Waals surface area contributed by atoms with Gasteiger partial charge >= 0.3 is 0 Å². The first-order chi connectivity index (χ1) is 42.2. The average molecular weight is 1090 g/mol. The van der Waals surface area contributed by atoms with Crippen molar-refractivity contribution in [3.05, 3.63) is 301 Å². The fraction of sp³-hybridized carbons (Fsp3) is 0.0500. The fourth-order valence-corrected chi connectivity index (χ4v) is 13.8. The maximum atomic E-state index is 7.20. The number of rotatable bonds is 10. The largest absolute Gasteiger partial charge is 0.456 e. The van der Waals surface area contributed by atoms with Gasteiger partial charge in [0.1, 0.15) is 22.3 Å². The second kappa shape index (κ2) is 19.9.